The minimum Gasteiger partial charge on any atom is -0.296 e. The van der Waals surface area contributed by atoms with Crippen LogP contribution in [0.15, 0.2) is 22.8 Å². The number of aromatic nitrogens is 2. The minimum atomic E-state index is 0.282. The first-order valence-electron chi connectivity index (χ1n) is 4.77. The number of carbonyl (C=O) groups is 1. The number of nitrogens with zero attached hydrogens (tertiary/aromatic N) is 2. The van der Waals surface area contributed by atoms with Crippen LogP contribution >= 0.6 is 15.9 Å². The Bertz CT molecular complexity index is 517. The Hall–Kier alpha value is -1.16. The topological polar surface area (TPSA) is 34.4 Å². The number of carbonyl (C=O) groups excluding carboxylic acids is 1. The van der Waals surface area contributed by atoms with Gasteiger partial charge >= 0.3 is 0 Å². The number of fused-ring (bicyclic) bond motifs is 1. The number of imidazole rings is 1. The molecule has 0 radical (unpaired) electrons. The van der Waals surface area contributed by atoms with E-state index in [0.717, 1.165) is 22.2 Å². The van der Waals surface area contributed by atoms with Crippen molar-refractivity contribution in [2.75, 3.05) is 0 Å². The highest BCUT2D eigenvalue weighted by molar-refractivity contribution is 9.10. The molecule has 2 aromatic rings. The van der Waals surface area contributed by atoms with Crippen LogP contribution in [-0.4, -0.2) is 15.7 Å². The van der Waals surface area contributed by atoms with Gasteiger partial charge in [0.15, 0.2) is 6.29 Å². The smallest absolute Gasteiger partial charge is 0.170 e. The second-order valence-corrected chi connectivity index (χ2v) is 4.51. The van der Waals surface area contributed by atoms with Gasteiger partial charge in [0.05, 0.1) is 10.1 Å². The van der Waals surface area contributed by atoms with E-state index in [1.54, 1.807) is 0 Å². The summed E-state index contributed by atoms with van der Waals surface area (Å²) in [5, 5.41) is 0. The van der Waals surface area contributed by atoms with Gasteiger partial charge in [0.25, 0.3) is 0 Å². The normalized spacial score (nSPS) is 11.2. The average Bonchev–Trinajstić information content (AvgIpc) is 2.58. The van der Waals surface area contributed by atoms with Crippen LogP contribution in [0.1, 0.15) is 36.1 Å². The molecule has 78 valence electrons. The van der Waals surface area contributed by atoms with E-state index in [-0.39, 0.29) is 5.92 Å². The highest BCUT2D eigenvalue weighted by Crippen LogP contribution is 2.23. The molecule has 0 saturated carbocycles. The molecule has 0 aliphatic rings. The third-order valence-electron chi connectivity index (χ3n) is 2.30. The zero-order chi connectivity index (χ0) is 11.0. The molecule has 0 saturated heterocycles. The van der Waals surface area contributed by atoms with Crippen molar-refractivity contribution in [3.8, 4) is 0 Å². The molecule has 0 spiro atoms. The molecule has 15 heavy (non-hydrogen) atoms. The predicted molar refractivity (Wildman–Crippen MR) is 62.4 cm³/mol. The summed E-state index contributed by atoms with van der Waals surface area (Å²) in [4.78, 5) is 15.2. The van der Waals surface area contributed by atoms with Crippen LogP contribution in [0.4, 0.5) is 0 Å². The van der Waals surface area contributed by atoms with Gasteiger partial charge in [-0.3, -0.25) is 9.20 Å². The van der Waals surface area contributed by atoms with Crippen molar-refractivity contribution < 1.29 is 4.79 Å². The molecule has 0 aliphatic heterocycles. The molecule has 0 unspecified atom stereocenters. The van der Waals surface area contributed by atoms with E-state index >= 15 is 0 Å². The molecular formula is C11H11BrN2O. The first-order valence-corrected chi connectivity index (χ1v) is 5.56. The van der Waals surface area contributed by atoms with Gasteiger partial charge < -0.3 is 0 Å². The first kappa shape index (κ1) is 10.4. The highest BCUT2D eigenvalue weighted by Gasteiger charge is 2.14. The number of aldehydes is 1. The average molecular weight is 267 g/mol. The lowest BCUT2D eigenvalue weighted by molar-refractivity contribution is 0.112. The summed E-state index contributed by atoms with van der Waals surface area (Å²) in [7, 11) is 0. The van der Waals surface area contributed by atoms with Crippen LogP contribution in [0.5, 0.6) is 0 Å². The Balaban J connectivity index is 2.87. The maximum atomic E-state index is 10.9. The SMILES string of the molecule is CC(C)c1nc(C=O)c2cccc(Br)n12. The molecule has 2 heterocycles. The Labute approximate surface area is 96.3 Å². The molecule has 0 aliphatic carbocycles. The van der Waals surface area contributed by atoms with Gasteiger partial charge in [0.2, 0.25) is 0 Å². The fraction of sp³-hybridized carbons (Fsp3) is 0.273. The highest BCUT2D eigenvalue weighted by atomic mass is 79.9. The monoisotopic (exact) mass is 266 g/mol. The number of rotatable bonds is 2. The Morgan fingerprint density at radius 1 is 1.47 bits per heavy atom. The van der Waals surface area contributed by atoms with Crippen molar-refractivity contribution in [2.45, 2.75) is 19.8 Å². The Kier molecular flexibility index (Phi) is 2.61. The quantitative estimate of drug-likeness (QED) is 0.619. The maximum Gasteiger partial charge on any atom is 0.170 e. The van der Waals surface area contributed by atoms with E-state index in [1.807, 2.05) is 22.6 Å². The standard InChI is InChI=1S/C11H11BrN2O/c1-7(2)11-13-8(6-15)9-4-3-5-10(12)14(9)11/h3-7H,1-2H3. The van der Waals surface area contributed by atoms with Crippen LogP contribution < -0.4 is 0 Å². The zero-order valence-corrected chi connectivity index (χ0v) is 10.2. The van der Waals surface area contributed by atoms with Gasteiger partial charge in [-0.1, -0.05) is 19.9 Å². The van der Waals surface area contributed by atoms with Crippen molar-refractivity contribution in [3.05, 3.63) is 34.3 Å². The number of halogens is 1. The van der Waals surface area contributed by atoms with Crippen LogP contribution in [0, 0.1) is 0 Å². The van der Waals surface area contributed by atoms with Crippen LogP contribution in [0.3, 0.4) is 0 Å². The summed E-state index contributed by atoms with van der Waals surface area (Å²) in [6.45, 7) is 4.12. The molecule has 0 atom stereocenters. The molecule has 2 rings (SSSR count). The number of hydrogen-bond donors (Lipinski definition) is 0. The summed E-state index contributed by atoms with van der Waals surface area (Å²) in [6.07, 6.45) is 0.799. The van der Waals surface area contributed by atoms with Crippen molar-refractivity contribution in [1.82, 2.24) is 9.38 Å². The van der Waals surface area contributed by atoms with Gasteiger partial charge in [0.1, 0.15) is 11.5 Å². The number of hydrogen-bond acceptors (Lipinski definition) is 2. The van der Waals surface area contributed by atoms with E-state index in [9.17, 15) is 4.79 Å². The molecule has 4 heteroatoms. The molecule has 0 aromatic carbocycles. The van der Waals surface area contributed by atoms with Gasteiger partial charge in [0, 0.05) is 5.92 Å². The second kappa shape index (κ2) is 3.77. The molecule has 0 fully saturated rings. The molecule has 0 bridgehead atoms. The van der Waals surface area contributed by atoms with Crippen molar-refractivity contribution in [1.29, 1.82) is 0 Å². The Morgan fingerprint density at radius 3 is 2.80 bits per heavy atom. The lowest BCUT2D eigenvalue weighted by Gasteiger charge is -2.05. The number of pyridine rings is 1. The zero-order valence-electron chi connectivity index (χ0n) is 8.57. The van der Waals surface area contributed by atoms with E-state index < -0.39 is 0 Å². The van der Waals surface area contributed by atoms with E-state index in [4.69, 9.17) is 0 Å². The summed E-state index contributed by atoms with van der Waals surface area (Å²) in [5.74, 6) is 1.18. The molecule has 3 nitrogen and oxygen atoms in total. The Morgan fingerprint density at radius 2 is 2.20 bits per heavy atom. The van der Waals surface area contributed by atoms with E-state index in [0.29, 0.717) is 5.69 Å². The van der Waals surface area contributed by atoms with E-state index in [2.05, 4.69) is 34.8 Å². The fourth-order valence-corrected chi connectivity index (χ4v) is 2.15. The van der Waals surface area contributed by atoms with Crippen molar-refractivity contribution >= 4 is 27.7 Å². The lowest BCUT2D eigenvalue weighted by Crippen LogP contribution is -1.97. The van der Waals surface area contributed by atoms with E-state index in [1.165, 1.54) is 0 Å². The summed E-state index contributed by atoms with van der Waals surface area (Å²) < 4.78 is 2.89. The lowest BCUT2D eigenvalue weighted by atomic mass is 10.2. The molecule has 0 N–H and O–H groups in total. The van der Waals surface area contributed by atoms with Crippen LogP contribution in [0.25, 0.3) is 5.52 Å². The molecule has 2 aromatic heterocycles. The summed E-state index contributed by atoms with van der Waals surface area (Å²) in [6, 6.07) is 5.74. The predicted octanol–water partition coefficient (Wildman–Crippen LogP) is 3.03. The van der Waals surface area contributed by atoms with Crippen molar-refractivity contribution in [2.24, 2.45) is 0 Å². The molecular weight excluding hydrogens is 256 g/mol. The van der Waals surface area contributed by atoms with Crippen LogP contribution in [-0.2, 0) is 0 Å². The summed E-state index contributed by atoms with van der Waals surface area (Å²) >= 11 is 3.47. The van der Waals surface area contributed by atoms with Gasteiger partial charge in [-0.05, 0) is 28.1 Å². The fourth-order valence-electron chi connectivity index (χ4n) is 1.62. The first-order chi connectivity index (χ1) is 7.15. The van der Waals surface area contributed by atoms with Gasteiger partial charge in [-0.15, -0.1) is 0 Å². The van der Waals surface area contributed by atoms with Gasteiger partial charge in [-0.25, -0.2) is 4.98 Å². The third kappa shape index (κ3) is 1.59. The molecule has 0 amide bonds. The van der Waals surface area contributed by atoms with Crippen molar-refractivity contribution in [3.63, 3.8) is 0 Å². The van der Waals surface area contributed by atoms with Crippen LogP contribution in [0.2, 0.25) is 0 Å². The third-order valence-corrected chi connectivity index (χ3v) is 2.92. The largest absolute Gasteiger partial charge is 0.296 e. The second-order valence-electron chi connectivity index (χ2n) is 3.70. The van der Waals surface area contributed by atoms with Gasteiger partial charge in [-0.2, -0.15) is 0 Å². The summed E-state index contributed by atoms with van der Waals surface area (Å²) in [5.41, 5.74) is 1.35. The maximum absolute atomic E-state index is 10.9. The minimum absolute atomic E-state index is 0.282.